The van der Waals surface area contributed by atoms with Crippen LogP contribution in [0, 0.1) is 5.92 Å². The molecule has 1 fully saturated rings. The zero-order valence-electron chi connectivity index (χ0n) is 21.5. The molecule has 0 radical (unpaired) electrons. The average Bonchev–Trinajstić information content (AvgIpc) is 3.50. The summed E-state index contributed by atoms with van der Waals surface area (Å²) < 4.78 is 0. The molecule has 3 aromatic heterocycles. The molecule has 4 aromatic rings. The second kappa shape index (κ2) is 11.3. The first-order valence-corrected chi connectivity index (χ1v) is 13.5. The number of pyridine rings is 1. The van der Waals surface area contributed by atoms with Crippen molar-refractivity contribution in [3.8, 4) is 0 Å². The van der Waals surface area contributed by atoms with Crippen LogP contribution in [-0.4, -0.2) is 60.2 Å². The lowest BCUT2D eigenvalue weighted by Gasteiger charge is -2.31. The van der Waals surface area contributed by atoms with Crippen LogP contribution in [0.4, 0.5) is 28.8 Å². The third kappa shape index (κ3) is 5.86. The Hall–Kier alpha value is -4.58. The summed E-state index contributed by atoms with van der Waals surface area (Å²) in [5.74, 6) is 0.891. The maximum Gasteiger partial charge on any atom is 0.276 e. The van der Waals surface area contributed by atoms with Crippen LogP contribution in [0.5, 0.6) is 0 Å². The van der Waals surface area contributed by atoms with Gasteiger partial charge >= 0.3 is 0 Å². The van der Waals surface area contributed by atoms with E-state index >= 15 is 0 Å². The van der Waals surface area contributed by atoms with Gasteiger partial charge in [0.1, 0.15) is 5.02 Å². The number of aryl methyl sites for hydroxylation is 2. The molecule has 0 atom stereocenters. The number of nitrogens with zero attached hydrogens (tertiary/aromatic N) is 6. The number of aromatic nitrogens is 6. The molecule has 2 aliphatic rings. The van der Waals surface area contributed by atoms with Gasteiger partial charge in [0.05, 0.1) is 24.3 Å². The molecule has 204 valence electrons. The third-order valence-electron chi connectivity index (χ3n) is 7.13. The number of rotatable bonds is 4. The fraction of sp³-hybridized carbons (Fsp3) is 0.296. The van der Waals surface area contributed by atoms with Crippen LogP contribution in [0.2, 0.25) is 5.02 Å². The number of carbonyl (C=O) groups excluding carboxylic acids is 2. The quantitative estimate of drug-likeness (QED) is 0.289. The minimum absolute atomic E-state index is 0.0440. The van der Waals surface area contributed by atoms with Crippen molar-refractivity contribution in [2.75, 3.05) is 29.0 Å². The number of piperidine rings is 1. The number of aromatic amines is 1. The lowest BCUT2D eigenvalue weighted by molar-refractivity contribution is -0.117. The summed E-state index contributed by atoms with van der Waals surface area (Å²) in [6, 6.07) is 7.80. The van der Waals surface area contributed by atoms with E-state index in [0.717, 1.165) is 47.5 Å². The van der Waals surface area contributed by atoms with Gasteiger partial charge in [-0.2, -0.15) is 20.4 Å². The number of hydrogen-bond donors (Lipinski definition) is 4. The molecular formula is C27H27ClN10O2. The van der Waals surface area contributed by atoms with Crippen molar-refractivity contribution in [3.63, 3.8) is 0 Å². The van der Waals surface area contributed by atoms with Gasteiger partial charge in [-0.05, 0) is 67.0 Å². The van der Waals surface area contributed by atoms with Gasteiger partial charge in [-0.1, -0.05) is 11.6 Å². The molecule has 6 rings (SSSR count). The molecule has 2 amide bonds. The molecule has 13 heteroatoms. The summed E-state index contributed by atoms with van der Waals surface area (Å²) in [6.45, 7) is 1.18. The zero-order chi connectivity index (χ0) is 27.5. The van der Waals surface area contributed by atoms with Crippen molar-refractivity contribution in [3.05, 3.63) is 70.9 Å². The monoisotopic (exact) mass is 558 g/mol. The van der Waals surface area contributed by atoms with E-state index in [1.807, 2.05) is 30.5 Å². The number of halogens is 1. The lowest BCUT2D eigenvalue weighted by atomic mass is 9.93. The summed E-state index contributed by atoms with van der Waals surface area (Å²) in [4.78, 5) is 40.5. The molecule has 4 N–H and O–H groups in total. The van der Waals surface area contributed by atoms with Crippen LogP contribution in [0.1, 0.15) is 40.9 Å². The second-order valence-electron chi connectivity index (χ2n) is 9.94. The molecule has 0 spiro atoms. The standard InChI is InChI=1S/C27H27ClN10O2/c28-21-14-30-27-33-20-9-17(12-29-13-20)1-2-18-11-19(32-25(21)35-27)3-4-22(18)34-24(39)10-16-5-7-38(8-6-16)26(40)23-15-31-37-36-23/h3-4,9,11-16H,1-2,5-8,10H2,(H,34,39)(H,31,36,37)(H2,30,32,33,35). The van der Waals surface area contributed by atoms with Gasteiger partial charge < -0.3 is 20.9 Å². The number of likely N-dealkylation sites (tertiary alicyclic amines) is 1. The van der Waals surface area contributed by atoms with Gasteiger partial charge in [-0.15, -0.1) is 0 Å². The highest BCUT2D eigenvalue weighted by atomic mass is 35.5. The van der Waals surface area contributed by atoms with Crippen molar-refractivity contribution in [2.45, 2.75) is 32.1 Å². The van der Waals surface area contributed by atoms with Crippen molar-refractivity contribution in [1.82, 2.24) is 35.3 Å². The van der Waals surface area contributed by atoms with Crippen LogP contribution >= 0.6 is 11.6 Å². The SMILES string of the molecule is O=C(CC1CCN(C(=O)c2cn[nH]n2)CC1)Nc1ccc2cc1CCc1cncc(c1)Nc1ncc(Cl)c(n1)N2. The number of H-pyrrole nitrogens is 1. The van der Waals surface area contributed by atoms with E-state index in [9.17, 15) is 9.59 Å². The van der Waals surface area contributed by atoms with Crippen LogP contribution < -0.4 is 16.0 Å². The largest absolute Gasteiger partial charge is 0.339 e. The number of fused-ring (bicyclic) bond motifs is 6. The van der Waals surface area contributed by atoms with Crippen molar-refractivity contribution >= 4 is 52.2 Å². The van der Waals surface area contributed by atoms with Crippen LogP contribution in [-0.2, 0) is 17.6 Å². The smallest absolute Gasteiger partial charge is 0.276 e. The number of benzene rings is 1. The number of hydrogen-bond acceptors (Lipinski definition) is 9. The molecule has 40 heavy (non-hydrogen) atoms. The Bertz CT molecular complexity index is 1540. The topological polar surface area (TPSA) is 154 Å². The third-order valence-corrected chi connectivity index (χ3v) is 7.41. The Morgan fingerprint density at radius 3 is 2.73 bits per heavy atom. The van der Waals surface area contributed by atoms with E-state index in [1.54, 1.807) is 17.3 Å². The lowest BCUT2D eigenvalue weighted by Crippen LogP contribution is -2.39. The van der Waals surface area contributed by atoms with Gasteiger partial charge in [0, 0.05) is 37.1 Å². The summed E-state index contributed by atoms with van der Waals surface area (Å²) in [5.41, 5.74) is 4.67. The number of anilines is 5. The van der Waals surface area contributed by atoms with Crippen molar-refractivity contribution < 1.29 is 9.59 Å². The maximum atomic E-state index is 13.1. The van der Waals surface area contributed by atoms with E-state index in [2.05, 4.69) is 46.3 Å². The average molecular weight is 559 g/mol. The fourth-order valence-corrected chi connectivity index (χ4v) is 5.16. The first-order valence-electron chi connectivity index (χ1n) is 13.1. The molecule has 6 bridgehead atoms. The highest BCUT2D eigenvalue weighted by Gasteiger charge is 2.26. The van der Waals surface area contributed by atoms with Gasteiger partial charge in [0.25, 0.3) is 5.91 Å². The molecule has 0 saturated carbocycles. The number of amides is 2. The first kappa shape index (κ1) is 25.7. The Labute approximate surface area is 235 Å². The predicted molar refractivity (Wildman–Crippen MR) is 150 cm³/mol. The van der Waals surface area contributed by atoms with E-state index in [1.165, 1.54) is 6.20 Å². The highest BCUT2D eigenvalue weighted by Crippen LogP contribution is 2.30. The van der Waals surface area contributed by atoms with Crippen LogP contribution in [0.3, 0.4) is 0 Å². The van der Waals surface area contributed by atoms with Crippen LogP contribution in [0.15, 0.2) is 49.1 Å². The van der Waals surface area contributed by atoms with E-state index in [-0.39, 0.29) is 17.7 Å². The van der Waals surface area contributed by atoms with Gasteiger partial charge in [0.15, 0.2) is 11.5 Å². The molecule has 2 aliphatic heterocycles. The maximum absolute atomic E-state index is 13.1. The summed E-state index contributed by atoms with van der Waals surface area (Å²) in [5, 5.41) is 20.0. The zero-order valence-corrected chi connectivity index (χ0v) is 22.3. The Balaban J connectivity index is 1.15. The number of nitrogens with one attached hydrogen (secondary N) is 4. The van der Waals surface area contributed by atoms with E-state index < -0.39 is 0 Å². The Kier molecular flexibility index (Phi) is 7.23. The predicted octanol–water partition coefficient (Wildman–Crippen LogP) is 4.11. The van der Waals surface area contributed by atoms with E-state index in [4.69, 9.17) is 11.6 Å². The summed E-state index contributed by atoms with van der Waals surface area (Å²) in [7, 11) is 0. The summed E-state index contributed by atoms with van der Waals surface area (Å²) in [6.07, 6.45) is 9.84. The van der Waals surface area contributed by atoms with Gasteiger partial charge in [-0.3, -0.25) is 14.6 Å². The number of carbonyl (C=O) groups is 2. The normalized spacial score (nSPS) is 15.1. The molecule has 12 nitrogen and oxygen atoms in total. The molecule has 0 aliphatic carbocycles. The minimum atomic E-state index is -0.138. The molecular weight excluding hydrogens is 532 g/mol. The van der Waals surface area contributed by atoms with Gasteiger partial charge in [0.2, 0.25) is 11.9 Å². The molecule has 1 saturated heterocycles. The van der Waals surface area contributed by atoms with Crippen molar-refractivity contribution in [1.29, 1.82) is 0 Å². The minimum Gasteiger partial charge on any atom is -0.339 e. The van der Waals surface area contributed by atoms with E-state index in [0.29, 0.717) is 48.4 Å². The molecule has 1 aromatic carbocycles. The Morgan fingerprint density at radius 1 is 1.02 bits per heavy atom. The highest BCUT2D eigenvalue weighted by molar-refractivity contribution is 6.32. The van der Waals surface area contributed by atoms with Gasteiger partial charge in [-0.25, -0.2) is 4.98 Å². The summed E-state index contributed by atoms with van der Waals surface area (Å²) >= 11 is 6.36. The first-order chi connectivity index (χ1) is 19.5. The molecule has 5 heterocycles. The molecule has 0 unspecified atom stereocenters. The van der Waals surface area contributed by atoms with Crippen LogP contribution in [0.25, 0.3) is 0 Å². The fourth-order valence-electron chi connectivity index (χ4n) is 5.02. The van der Waals surface area contributed by atoms with Crippen molar-refractivity contribution in [2.24, 2.45) is 5.92 Å². The Morgan fingerprint density at radius 2 is 1.90 bits per heavy atom. The second-order valence-corrected chi connectivity index (χ2v) is 10.3.